The summed E-state index contributed by atoms with van der Waals surface area (Å²) in [6, 6.07) is 6.70. The van der Waals surface area contributed by atoms with Gasteiger partial charge in [0, 0.05) is 11.6 Å². The lowest BCUT2D eigenvalue weighted by Gasteiger charge is -2.15. The molecule has 21 heavy (non-hydrogen) atoms. The number of alkyl halides is 1. The maximum Gasteiger partial charge on any atom is 0.163 e. The summed E-state index contributed by atoms with van der Waals surface area (Å²) in [6.07, 6.45) is 0. The van der Waals surface area contributed by atoms with Gasteiger partial charge in [0.1, 0.15) is 11.6 Å². The predicted molar refractivity (Wildman–Crippen MR) is 78.6 cm³/mol. The summed E-state index contributed by atoms with van der Waals surface area (Å²) in [5.74, 6) is -0.581. The fourth-order valence-corrected chi connectivity index (χ4v) is 2.33. The molecule has 0 fully saturated rings. The Morgan fingerprint density at radius 1 is 0.952 bits per heavy atom. The van der Waals surface area contributed by atoms with Gasteiger partial charge in [-0.1, -0.05) is 17.7 Å². The molecule has 1 atom stereocenters. The van der Waals surface area contributed by atoms with Gasteiger partial charge in [-0.25, -0.2) is 8.78 Å². The molecule has 0 aliphatic carbocycles. The maximum absolute atomic E-state index is 14.1. The van der Waals surface area contributed by atoms with Crippen LogP contribution in [-0.2, 0) is 0 Å². The fraction of sp³-hybridized carbons (Fsp3) is 0.200. The first-order valence-corrected chi connectivity index (χ1v) is 6.79. The van der Waals surface area contributed by atoms with Crippen LogP contribution < -0.4 is 9.47 Å². The van der Waals surface area contributed by atoms with Gasteiger partial charge in [-0.15, -0.1) is 11.6 Å². The lowest BCUT2D eigenvalue weighted by atomic mass is 10.0. The van der Waals surface area contributed by atoms with Crippen LogP contribution in [0.1, 0.15) is 16.5 Å². The standard InChI is InChI=1S/C15H12Cl2F2O2/c1-20-13-6-9(11(18)7-14(13)21-2)15(17)8-3-4-10(16)12(19)5-8/h3-7,15H,1-2H3. The SMILES string of the molecule is COc1cc(F)c(C(Cl)c2ccc(Cl)c(F)c2)cc1OC. The van der Waals surface area contributed by atoms with Crippen molar-refractivity contribution < 1.29 is 18.3 Å². The van der Waals surface area contributed by atoms with Crippen LogP contribution in [0.2, 0.25) is 5.02 Å². The summed E-state index contributed by atoms with van der Waals surface area (Å²) < 4.78 is 37.7. The minimum atomic E-state index is -0.878. The van der Waals surface area contributed by atoms with E-state index in [4.69, 9.17) is 32.7 Å². The Labute approximate surface area is 131 Å². The summed E-state index contributed by atoms with van der Waals surface area (Å²) in [6.45, 7) is 0. The third-order valence-corrected chi connectivity index (χ3v) is 3.81. The fourth-order valence-electron chi connectivity index (χ4n) is 1.91. The van der Waals surface area contributed by atoms with Crippen molar-refractivity contribution in [2.45, 2.75) is 5.38 Å². The molecule has 0 saturated carbocycles. The highest BCUT2D eigenvalue weighted by atomic mass is 35.5. The molecular formula is C15H12Cl2F2O2. The molecule has 2 aromatic rings. The first kappa shape index (κ1) is 15.9. The molecule has 2 rings (SSSR count). The lowest BCUT2D eigenvalue weighted by molar-refractivity contribution is 0.351. The first-order chi connectivity index (χ1) is 9.97. The number of methoxy groups -OCH3 is 2. The maximum atomic E-state index is 14.1. The topological polar surface area (TPSA) is 18.5 Å². The largest absolute Gasteiger partial charge is 0.493 e. The van der Waals surface area contributed by atoms with Crippen LogP contribution >= 0.6 is 23.2 Å². The Morgan fingerprint density at radius 3 is 2.14 bits per heavy atom. The molecule has 0 N–H and O–H groups in total. The van der Waals surface area contributed by atoms with E-state index in [0.29, 0.717) is 11.3 Å². The van der Waals surface area contributed by atoms with Crippen molar-refractivity contribution in [2.24, 2.45) is 0 Å². The van der Waals surface area contributed by atoms with E-state index in [0.717, 1.165) is 0 Å². The van der Waals surface area contributed by atoms with Gasteiger partial charge in [0.15, 0.2) is 11.5 Å². The molecular weight excluding hydrogens is 321 g/mol. The van der Waals surface area contributed by atoms with Crippen LogP contribution in [0.5, 0.6) is 11.5 Å². The van der Waals surface area contributed by atoms with Gasteiger partial charge in [-0.3, -0.25) is 0 Å². The minimum absolute atomic E-state index is 0.0181. The molecule has 0 radical (unpaired) electrons. The van der Waals surface area contributed by atoms with E-state index in [1.54, 1.807) is 6.07 Å². The Morgan fingerprint density at radius 2 is 1.57 bits per heavy atom. The van der Waals surface area contributed by atoms with Crippen molar-refractivity contribution in [2.75, 3.05) is 14.2 Å². The second kappa shape index (κ2) is 6.50. The predicted octanol–water partition coefficient (Wildman–Crippen LogP) is 4.96. The summed E-state index contributed by atoms with van der Waals surface area (Å²) in [5.41, 5.74) is 0.556. The Balaban J connectivity index is 2.47. The molecule has 0 aliphatic heterocycles. The molecule has 0 aromatic heterocycles. The van der Waals surface area contributed by atoms with Gasteiger partial charge < -0.3 is 9.47 Å². The molecule has 0 heterocycles. The van der Waals surface area contributed by atoms with E-state index in [2.05, 4.69) is 0 Å². The van der Waals surface area contributed by atoms with Crippen LogP contribution in [-0.4, -0.2) is 14.2 Å². The molecule has 6 heteroatoms. The summed E-state index contributed by atoms with van der Waals surface area (Å²) in [7, 11) is 2.84. The molecule has 1 unspecified atom stereocenters. The van der Waals surface area contributed by atoms with Crippen LogP contribution in [0.4, 0.5) is 8.78 Å². The van der Waals surface area contributed by atoms with Crippen molar-refractivity contribution in [3.05, 3.63) is 58.1 Å². The number of hydrogen-bond donors (Lipinski definition) is 0. The highest BCUT2D eigenvalue weighted by molar-refractivity contribution is 6.30. The van der Waals surface area contributed by atoms with Gasteiger partial charge >= 0.3 is 0 Å². The van der Waals surface area contributed by atoms with Gasteiger partial charge in [0.2, 0.25) is 0 Å². The van der Waals surface area contributed by atoms with Gasteiger partial charge in [0.05, 0.1) is 24.6 Å². The average Bonchev–Trinajstić information content (AvgIpc) is 2.49. The van der Waals surface area contributed by atoms with Crippen molar-refractivity contribution in [1.82, 2.24) is 0 Å². The average molecular weight is 333 g/mol. The number of ether oxygens (including phenoxy) is 2. The zero-order valence-corrected chi connectivity index (χ0v) is 12.8. The molecule has 0 amide bonds. The molecule has 112 valence electrons. The Hall–Kier alpha value is -1.52. The third kappa shape index (κ3) is 3.22. The number of benzene rings is 2. The zero-order valence-electron chi connectivity index (χ0n) is 11.3. The van der Waals surface area contributed by atoms with Crippen molar-refractivity contribution >= 4 is 23.2 Å². The molecule has 2 aromatic carbocycles. The molecule has 0 spiro atoms. The third-order valence-electron chi connectivity index (χ3n) is 3.01. The van der Waals surface area contributed by atoms with E-state index in [-0.39, 0.29) is 16.3 Å². The molecule has 0 bridgehead atoms. The smallest absolute Gasteiger partial charge is 0.163 e. The van der Waals surface area contributed by atoms with Gasteiger partial charge in [-0.2, -0.15) is 0 Å². The number of rotatable bonds is 4. The first-order valence-electron chi connectivity index (χ1n) is 5.98. The summed E-state index contributed by atoms with van der Waals surface area (Å²) in [4.78, 5) is 0. The monoisotopic (exact) mass is 332 g/mol. The lowest BCUT2D eigenvalue weighted by Crippen LogP contribution is -2.01. The molecule has 0 aliphatic rings. The zero-order chi connectivity index (χ0) is 15.6. The quantitative estimate of drug-likeness (QED) is 0.736. The van der Waals surface area contributed by atoms with Crippen LogP contribution in [0.25, 0.3) is 0 Å². The van der Waals surface area contributed by atoms with Gasteiger partial charge in [-0.05, 0) is 23.8 Å². The van der Waals surface area contributed by atoms with Crippen LogP contribution in [0, 0.1) is 11.6 Å². The highest BCUT2D eigenvalue weighted by Gasteiger charge is 2.20. The van der Waals surface area contributed by atoms with Crippen LogP contribution in [0.15, 0.2) is 30.3 Å². The molecule has 2 nitrogen and oxygen atoms in total. The Kier molecular flexibility index (Phi) is 4.91. The normalized spacial score (nSPS) is 12.1. The summed E-state index contributed by atoms with van der Waals surface area (Å²) >= 11 is 11.9. The highest BCUT2D eigenvalue weighted by Crippen LogP contribution is 2.38. The van der Waals surface area contributed by atoms with Crippen LogP contribution in [0.3, 0.4) is 0 Å². The molecule has 0 saturated heterocycles. The van der Waals surface area contributed by atoms with Crippen molar-refractivity contribution in [1.29, 1.82) is 0 Å². The Bertz CT molecular complexity index is 662. The second-order valence-corrected chi connectivity index (χ2v) is 5.11. The van der Waals surface area contributed by atoms with E-state index in [1.807, 2.05) is 0 Å². The van der Waals surface area contributed by atoms with Crippen molar-refractivity contribution in [3.8, 4) is 11.5 Å². The minimum Gasteiger partial charge on any atom is -0.493 e. The number of halogens is 4. The second-order valence-electron chi connectivity index (χ2n) is 4.26. The van der Waals surface area contributed by atoms with E-state index >= 15 is 0 Å². The van der Waals surface area contributed by atoms with E-state index in [1.165, 1.54) is 38.5 Å². The van der Waals surface area contributed by atoms with Gasteiger partial charge in [0.25, 0.3) is 0 Å². The van der Waals surface area contributed by atoms with E-state index < -0.39 is 17.0 Å². The van der Waals surface area contributed by atoms with Crippen molar-refractivity contribution in [3.63, 3.8) is 0 Å². The number of hydrogen-bond acceptors (Lipinski definition) is 2. The van der Waals surface area contributed by atoms with E-state index in [9.17, 15) is 8.78 Å². The summed E-state index contributed by atoms with van der Waals surface area (Å²) in [5, 5.41) is -0.896.